The number of nitrogens with one attached hydrogen (secondary N) is 3. The third-order valence-electron chi connectivity index (χ3n) is 8.12. The molecule has 4 N–H and O–H groups in total. The zero-order chi connectivity index (χ0) is 36.3. The average molecular weight is 700 g/mol. The Morgan fingerprint density at radius 3 is 1.89 bits per heavy atom. The topological polar surface area (TPSA) is 151 Å². The van der Waals surface area contributed by atoms with Crippen molar-refractivity contribution in [3.05, 3.63) is 34.4 Å². The summed E-state index contributed by atoms with van der Waals surface area (Å²) in [5, 5.41) is 8.09. The normalized spacial score (nSPS) is 15.4. The van der Waals surface area contributed by atoms with Gasteiger partial charge in [0, 0.05) is 18.7 Å². The van der Waals surface area contributed by atoms with Crippen LogP contribution in [0.2, 0.25) is 0 Å². The summed E-state index contributed by atoms with van der Waals surface area (Å²) in [6, 6.07) is -2.77. The summed E-state index contributed by atoms with van der Waals surface area (Å²) in [5.41, 5.74) is 5.13. The van der Waals surface area contributed by atoms with E-state index < -0.39 is 49.2 Å². The molecule has 0 aromatic heterocycles. The van der Waals surface area contributed by atoms with Crippen molar-refractivity contribution in [2.45, 2.75) is 119 Å². The second kappa shape index (κ2) is 23.1. The van der Waals surface area contributed by atoms with Gasteiger partial charge in [-0.05, 0) is 90.6 Å². The van der Waals surface area contributed by atoms with Gasteiger partial charge in [0.05, 0.1) is 7.11 Å². The van der Waals surface area contributed by atoms with Crippen LogP contribution in [-0.4, -0.2) is 78.2 Å². The van der Waals surface area contributed by atoms with Crippen LogP contribution in [0.5, 0.6) is 0 Å². The van der Waals surface area contributed by atoms with Crippen molar-refractivity contribution in [1.82, 2.24) is 16.0 Å². The lowest BCUT2D eigenvalue weighted by molar-refractivity contribution is -0.145. The summed E-state index contributed by atoms with van der Waals surface area (Å²) in [6.45, 7) is 17.6. The Balaban J connectivity index is 5.15. The molecule has 270 valence electrons. The fourth-order valence-electron chi connectivity index (χ4n) is 4.50. The lowest BCUT2D eigenvalue weighted by atomic mass is 9.99. The van der Waals surface area contributed by atoms with E-state index in [4.69, 9.17) is 4.74 Å². The second-order valence-electron chi connectivity index (χ2n) is 13.3. The van der Waals surface area contributed by atoms with E-state index in [0.717, 1.165) is 31.3 Å². The third kappa shape index (κ3) is 19.3. The molecule has 0 saturated carbocycles. The fraction of sp³-hybridized carbons (Fsp3) is 0.714. The van der Waals surface area contributed by atoms with Crippen LogP contribution in [-0.2, 0) is 28.5 Å². The van der Waals surface area contributed by atoms with Crippen LogP contribution < -0.4 is 16.0 Å². The molecule has 47 heavy (non-hydrogen) atoms. The lowest BCUT2D eigenvalue weighted by Crippen LogP contribution is -2.58. The van der Waals surface area contributed by atoms with Crippen molar-refractivity contribution < 1.29 is 33.4 Å². The van der Waals surface area contributed by atoms with Gasteiger partial charge in [0.2, 0.25) is 25.1 Å². The molecule has 0 heterocycles. The molecule has 10 nitrogen and oxygen atoms in total. The predicted molar refractivity (Wildman–Crippen MR) is 195 cm³/mol. The first-order valence-electron chi connectivity index (χ1n) is 16.6. The fourth-order valence-corrected chi connectivity index (χ4v) is 6.30. The smallest absolute Gasteiger partial charge is 0.328 e. The van der Waals surface area contributed by atoms with Crippen molar-refractivity contribution in [3.8, 4) is 0 Å². The molecule has 0 saturated heterocycles. The van der Waals surface area contributed by atoms with Crippen molar-refractivity contribution in [2.24, 2.45) is 11.8 Å². The Labute approximate surface area is 288 Å². The van der Waals surface area contributed by atoms with E-state index in [-0.39, 0.29) is 30.6 Å². The molecule has 0 aromatic carbocycles. The van der Waals surface area contributed by atoms with Crippen LogP contribution in [0.15, 0.2) is 34.4 Å². The number of hydrogen-bond acceptors (Lipinski definition) is 7. The van der Waals surface area contributed by atoms with Gasteiger partial charge >= 0.3 is 5.97 Å². The number of carbonyl (C=O) groups is 4. The van der Waals surface area contributed by atoms with Gasteiger partial charge in [0.1, 0.15) is 18.1 Å². The Kier molecular flexibility index (Phi) is 21.9. The minimum Gasteiger partial charge on any atom is -0.467 e. The van der Waals surface area contributed by atoms with Crippen LogP contribution >= 0.6 is 19.1 Å². The molecule has 0 aromatic rings. The Morgan fingerprint density at radius 2 is 1.36 bits per heavy atom. The number of rotatable bonds is 22. The van der Waals surface area contributed by atoms with Crippen LogP contribution in [0.25, 0.3) is 0 Å². The molecule has 12 heteroatoms. The molecule has 0 bridgehead atoms. The predicted octanol–water partition coefficient (Wildman–Crippen LogP) is 6.15. The number of amides is 3. The molecule has 0 spiro atoms. The maximum Gasteiger partial charge on any atom is 0.328 e. The molecule has 0 rings (SSSR count). The summed E-state index contributed by atoms with van der Waals surface area (Å²) < 4.78 is 17.7. The number of allylic oxidation sites excluding steroid dienone is 6. The van der Waals surface area contributed by atoms with Crippen LogP contribution in [0.4, 0.5) is 0 Å². The Morgan fingerprint density at radius 1 is 0.809 bits per heavy atom. The zero-order valence-corrected chi connectivity index (χ0v) is 32.4. The largest absolute Gasteiger partial charge is 0.467 e. The molecular formula is C35H62N3O7PS. The summed E-state index contributed by atoms with van der Waals surface area (Å²) in [5.74, 6) is -2.16. The second-order valence-corrected chi connectivity index (χ2v) is 16.8. The van der Waals surface area contributed by atoms with E-state index in [1.54, 1.807) is 33.8 Å². The van der Waals surface area contributed by atoms with E-state index in [0.29, 0.717) is 12.2 Å². The Hall–Kier alpha value is -2.36. The van der Waals surface area contributed by atoms with Gasteiger partial charge in [-0.1, -0.05) is 62.1 Å². The average Bonchev–Trinajstić information content (AvgIpc) is 3.00. The van der Waals surface area contributed by atoms with Crippen molar-refractivity contribution in [1.29, 1.82) is 0 Å². The highest BCUT2D eigenvalue weighted by molar-refractivity contribution is 7.98. The molecule has 0 fully saturated rings. The van der Waals surface area contributed by atoms with Gasteiger partial charge in [0.15, 0.2) is 0 Å². The van der Waals surface area contributed by atoms with Crippen molar-refractivity contribution in [3.63, 3.8) is 0 Å². The van der Waals surface area contributed by atoms with Gasteiger partial charge in [-0.3, -0.25) is 18.9 Å². The lowest BCUT2D eigenvalue weighted by Gasteiger charge is -2.28. The highest BCUT2D eigenvalue weighted by atomic mass is 32.2. The SMILES string of the molecule is COC(=O)[C@H](CCSC)NC(=O)[C@@H](NC(=O)[C@@H](NC(=O)CCP(=O)(O)C/C=C(\C)CC/C=C(/C)CCC(C)=C(C)C)C(C)C)C(C)C. The van der Waals surface area contributed by atoms with E-state index in [9.17, 15) is 28.6 Å². The first-order valence-corrected chi connectivity index (χ1v) is 20.0. The summed E-state index contributed by atoms with van der Waals surface area (Å²) >= 11 is 1.53. The zero-order valence-electron chi connectivity index (χ0n) is 30.7. The third-order valence-corrected chi connectivity index (χ3v) is 10.4. The Bertz CT molecular complexity index is 1180. The molecule has 0 aliphatic rings. The maximum atomic E-state index is 13.3. The first-order chi connectivity index (χ1) is 21.8. The van der Waals surface area contributed by atoms with Gasteiger partial charge in [-0.2, -0.15) is 11.8 Å². The molecule has 0 aliphatic heterocycles. The van der Waals surface area contributed by atoms with Crippen LogP contribution in [0, 0.1) is 11.8 Å². The molecule has 1 unspecified atom stereocenters. The standard InChI is InChI=1S/C35H62N3O7PS/c1-23(2)28(9)16-15-26(7)13-12-14-27(8)17-20-46(43,44)21-18-30(39)37-31(24(3)4)34(41)38-32(25(5)6)33(40)36-29(19-22-47-11)35(42)45-10/h13,17,24-25,29,31-32H,12,14-16,18-22H2,1-11H3,(H,36,40)(H,37,39)(H,38,41)(H,43,44)/b26-13-,27-17+/t29-,31-,32-/m0/s1. The number of methoxy groups -OCH3 is 1. The quantitative estimate of drug-likeness (QED) is 0.0597. The van der Waals surface area contributed by atoms with E-state index in [1.807, 2.05) is 13.2 Å². The number of hydrogen-bond donors (Lipinski definition) is 4. The first kappa shape index (κ1) is 44.6. The molecule has 0 radical (unpaired) electrons. The van der Waals surface area contributed by atoms with Crippen LogP contribution in [0.3, 0.4) is 0 Å². The highest BCUT2D eigenvalue weighted by Gasteiger charge is 2.33. The van der Waals surface area contributed by atoms with Crippen molar-refractivity contribution in [2.75, 3.05) is 31.4 Å². The van der Waals surface area contributed by atoms with Gasteiger partial charge < -0.3 is 25.6 Å². The summed E-state index contributed by atoms with van der Waals surface area (Å²) in [4.78, 5) is 61.9. The van der Waals surface area contributed by atoms with Crippen LogP contribution in [0.1, 0.15) is 101 Å². The highest BCUT2D eigenvalue weighted by Crippen LogP contribution is 2.41. The summed E-state index contributed by atoms with van der Waals surface area (Å²) in [7, 11) is -2.35. The molecule has 4 atom stereocenters. The molecular weight excluding hydrogens is 637 g/mol. The van der Waals surface area contributed by atoms with Gasteiger partial charge in [-0.15, -0.1) is 0 Å². The minimum absolute atomic E-state index is 0.0165. The number of ether oxygens (including phenoxy) is 1. The summed E-state index contributed by atoms with van der Waals surface area (Å²) in [6.07, 6.45) is 9.56. The van der Waals surface area contributed by atoms with Gasteiger partial charge in [-0.25, -0.2) is 4.79 Å². The maximum absolute atomic E-state index is 13.3. The van der Waals surface area contributed by atoms with Crippen molar-refractivity contribution >= 4 is 42.8 Å². The number of esters is 1. The van der Waals surface area contributed by atoms with E-state index in [1.165, 1.54) is 35.6 Å². The minimum atomic E-state index is -3.61. The number of thioether (sulfide) groups is 1. The van der Waals surface area contributed by atoms with E-state index in [2.05, 4.69) is 49.7 Å². The van der Waals surface area contributed by atoms with E-state index >= 15 is 0 Å². The molecule has 3 amide bonds. The van der Waals surface area contributed by atoms with Gasteiger partial charge in [0.25, 0.3) is 0 Å². The number of carbonyl (C=O) groups excluding carboxylic acids is 4. The molecule has 0 aliphatic carbocycles. The monoisotopic (exact) mass is 699 g/mol.